The summed E-state index contributed by atoms with van der Waals surface area (Å²) >= 11 is 0. The van der Waals surface area contributed by atoms with Crippen LogP contribution >= 0.6 is 0 Å². The zero-order valence-corrected chi connectivity index (χ0v) is 35.9. The maximum Gasteiger partial charge on any atom is 0.159 e. The first-order valence-electron chi connectivity index (χ1n) is 21.0. The predicted molar refractivity (Wildman–Crippen MR) is 261 cm³/mol. The van der Waals surface area contributed by atoms with Crippen LogP contribution in [0.1, 0.15) is 47.2 Å². The molecule has 2 bridgehead atoms. The number of benzene rings is 7. The van der Waals surface area contributed by atoms with Crippen molar-refractivity contribution in [2.45, 2.75) is 48.5 Å². The first-order chi connectivity index (χ1) is 29.6. The van der Waals surface area contributed by atoms with Crippen molar-refractivity contribution in [1.29, 1.82) is 0 Å². The van der Waals surface area contributed by atoms with Gasteiger partial charge in [-0.05, 0) is 153 Å². The number of aromatic hydroxyl groups is 1. The first kappa shape index (κ1) is 39.2. The molecule has 0 amide bonds. The molecule has 9 aromatic rings. The second-order valence-corrected chi connectivity index (χ2v) is 16.2. The number of fused-ring (bicyclic) bond motifs is 4. The standard InChI is InChI=1S/C57H50N2O2/c1-8-16-41(9-2)46-19-14-23-53(55(46)60)59(45-33-38(5)30-39(6)34-45)52-28-27-42-25-26-43-35-50(42)47(52)18-11-10-12-22-51(43)58(44-31-36(3)29-37(4)32-44)54-24-15-21-49-48-20-13-17-40(7)56(48)61-57(49)54/h8-35,60H,1-7H3/b11-10?,12-10?,16-8-,18-11?,22-12?,41-9+,47-18?,51-22?,51-43?. The SMILES string of the molecule is C/C=C\C(=C/C)c1cccc(N(c2cc(C)cc(C)c2)c2ccc3ccc4cc3c2cccccc4N(c2cc(C)cc(C)c2)c2cccc3c2oc2c(C)cccc23)c1O. The van der Waals surface area contributed by atoms with E-state index in [9.17, 15) is 5.11 Å². The molecule has 0 aliphatic carbocycles. The quantitative estimate of drug-likeness (QED) is 0.156. The van der Waals surface area contributed by atoms with Crippen LogP contribution in [0.2, 0.25) is 0 Å². The van der Waals surface area contributed by atoms with Gasteiger partial charge in [-0.1, -0.05) is 115 Å². The lowest BCUT2D eigenvalue weighted by Crippen LogP contribution is -2.12. The monoisotopic (exact) mass is 794 g/mol. The third-order valence-corrected chi connectivity index (χ3v) is 11.7. The van der Waals surface area contributed by atoms with Crippen LogP contribution in [0.15, 0.2) is 174 Å². The maximum atomic E-state index is 12.2. The number of hydrogen-bond donors (Lipinski definition) is 1. The number of furan rings is 1. The second-order valence-electron chi connectivity index (χ2n) is 16.2. The molecule has 0 aliphatic heterocycles. The summed E-state index contributed by atoms with van der Waals surface area (Å²) in [4.78, 5) is 4.57. The fourth-order valence-corrected chi connectivity index (χ4v) is 9.09. The van der Waals surface area contributed by atoms with E-state index >= 15 is 0 Å². The van der Waals surface area contributed by atoms with Gasteiger partial charge in [0.05, 0.1) is 22.7 Å². The van der Waals surface area contributed by atoms with E-state index in [1.54, 1.807) is 0 Å². The summed E-state index contributed by atoms with van der Waals surface area (Å²) in [6.07, 6.45) is 6.09. The Morgan fingerprint density at radius 3 is 1.72 bits per heavy atom. The van der Waals surface area contributed by atoms with E-state index in [2.05, 4.69) is 178 Å². The van der Waals surface area contributed by atoms with Gasteiger partial charge in [-0.25, -0.2) is 0 Å². The minimum atomic E-state index is 0.224. The lowest BCUT2D eigenvalue weighted by atomic mass is 9.98. The average Bonchev–Trinajstić information content (AvgIpc) is 3.63. The number of anilines is 6. The normalized spacial score (nSPS) is 12.0. The van der Waals surface area contributed by atoms with E-state index in [0.29, 0.717) is 5.69 Å². The van der Waals surface area contributed by atoms with Crippen LogP contribution in [0.25, 0.3) is 49.1 Å². The van der Waals surface area contributed by atoms with Crippen LogP contribution in [0.5, 0.6) is 5.75 Å². The number of para-hydroxylation sites is 3. The maximum absolute atomic E-state index is 12.2. The minimum Gasteiger partial charge on any atom is -0.505 e. The summed E-state index contributed by atoms with van der Waals surface area (Å²) < 4.78 is 6.83. The molecule has 0 radical (unpaired) electrons. The number of allylic oxidation sites excluding steroid dienone is 4. The molecule has 0 spiro atoms. The number of aryl methyl sites for hydroxylation is 5. The van der Waals surface area contributed by atoms with Gasteiger partial charge in [0.25, 0.3) is 0 Å². The van der Waals surface area contributed by atoms with Gasteiger partial charge in [0.15, 0.2) is 5.58 Å². The molecule has 0 aliphatic rings. The first-order valence-corrected chi connectivity index (χ1v) is 21.0. The molecule has 4 heteroatoms. The fourth-order valence-electron chi connectivity index (χ4n) is 9.09. The van der Waals surface area contributed by atoms with E-state index in [0.717, 1.165) is 99.7 Å². The summed E-state index contributed by atoms with van der Waals surface area (Å²) in [6.45, 7) is 14.7. The van der Waals surface area contributed by atoms with Crippen molar-refractivity contribution < 1.29 is 9.52 Å². The third-order valence-electron chi connectivity index (χ3n) is 11.7. The molecular weight excluding hydrogens is 745 g/mol. The molecule has 9 rings (SSSR count). The Hall–Kier alpha value is -7.30. The van der Waals surface area contributed by atoms with Gasteiger partial charge in [0.1, 0.15) is 11.3 Å². The molecule has 1 heterocycles. The van der Waals surface area contributed by atoms with Crippen molar-refractivity contribution in [2.24, 2.45) is 0 Å². The zero-order valence-electron chi connectivity index (χ0n) is 35.9. The number of rotatable bonds is 8. The molecular formula is C57H50N2O2. The van der Waals surface area contributed by atoms with Crippen LogP contribution in [-0.4, -0.2) is 5.11 Å². The summed E-state index contributed by atoms with van der Waals surface area (Å²) in [5, 5.41) is 18.7. The highest BCUT2D eigenvalue weighted by atomic mass is 16.3. The van der Waals surface area contributed by atoms with Gasteiger partial charge in [0.2, 0.25) is 0 Å². The Bertz CT molecular complexity index is 3220. The summed E-state index contributed by atoms with van der Waals surface area (Å²) in [5.41, 5.74) is 14.9. The highest BCUT2D eigenvalue weighted by molar-refractivity contribution is 6.13. The van der Waals surface area contributed by atoms with Gasteiger partial charge >= 0.3 is 0 Å². The average molecular weight is 795 g/mol. The Morgan fingerprint density at radius 2 is 1.03 bits per heavy atom. The van der Waals surface area contributed by atoms with Gasteiger partial charge in [-0.2, -0.15) is 0 Å². The second kappa shape index (κ2) is 16.0. The van der Waals surface area contributed by atoms with Crippen LogP contribution in [0.3, 0.4) is 0 Å². The molecule has 1 aromatic heterocycles. The largest absolute Gasteiger partial charge is 0.505 e. The van der Waals surface area contributed by atoms with Crippen molar-refractivity contribution in [3.8, 4) is 5.75 Å². The number of hydrogen-bond acceptors (Lipinski definition) is 4. The van der Waals surface area contributed by atoms with Crippen molar-refractivity contribution >= 4 is 83.2 Å². The molecule has 0 saturated carbocycles. The van der Waals surface area contributed by atoms with Gasteiger partial charge in [-0.15, -0.1) is 0 Å². The highest BCUT2D eigenvalue weighted by Gasteiger charge is 2.24. The topological polar surface area (TPSA) is 39.9 Å². The number of phenols is 1. The van der Waals surface area contributed by atoms with Gasteiger partial charge in [0, 0.05) is 33.1 Å². The van der Waals surface area contributed by atoms with Crippen molar-refractivity contribution in [2.75, 3.05) is 9.80 Å². The molecule has 300 valence electrons. The molecule has 61 heavy (non-hydrogen) atoms. The lowest BCUT2D eigenvalue weighted by molar-refractivity contribution is 0.475. The van der Waals surface area contributed by atoms with E-state index in [1.165, 1.54) is 11.1 Å². The van der Waals surface area contributed by atoms with Crippen LogP contribution in [0, 0.1) is 34.6 Å². The van der Waals surface area contributed by atoms with Crippen LogP contribution in [-0.2, 0) is 0 Å². The molecule has 0 atom stereocenters. The van der Waals surface area contributed by atoms with Crippen molar-refractivity contribution in [3.05, 3.63) is 203 Å². The Balaban J connectivity index is 1.34. The molecule has 1 N–H and O–H groups in total. The molecule has 8 aromatic carbocycles. The summed E-state index contributed by atoms with van der Waals surface area (Å²) in [6, 6.07) is 54.1. The van der Waals surface area contributed by atoms with Crippen LogP contribution < -0.4 is 9.80 Å². The van der Waals surface area contributed by atoms with E-state index in [1.807, 2.05) is 50.3 Å². The van der Waals surface area contributed by atoms with Crippen LogP contribution in [0.4, 0.5) is 34.1 Å². The van der Waals surface area contributed by atoms with E-state index in [4.69, 9.17) is 4.42 Å². The third kappa shape index (κ3) is 7.14. The molecule has 0 saturated heterocycles. The zero-order chi connectivity index (χ0) is 42.4. The molecule has 0 fully saturated rings. The van der Waals surface area contributed by atoms with Crippen molar-refractivity contribution in [1.82, 2.24) is 0 Å². The Kier molecular flexibility index (Phi) is 10.3. The predicted octanol–water partition coefficient (Wildman–Crippen LogP) is 16.6. The molecule has 4 nitrogen and oxygen atoms in total. The van der Waals surface area contributed by atoms with E-state index in [-0.39, 0.29) is 5.75 Å². The Morgan fingerprint density at radius 1 is 0.475 bits per heavy atom. The van der Waals surface area contributed by atoms with Gasteiger partial charge in [-0.3, -0.25) is 0 Å². The fraction of sp³-hybridized carbons (Fsp3) is 0.123. The summed E-state index contributed by atoms with van der Waals surface area (Å²) in [5.74, 6) is 0.224. The minimum absolute atomic E-state index is 0.224. The summed E-state index contributed by atoms with van der Waals surface area (Å²) in [7, 11) is 0. The molecule has 0 unspecified atom stereocenters. The van der Waals surface area contributed by atoms with E-state index < -0.39 is 0 Å². The smallest absolute Gasteiger partial charge is 0.159 e. The lowest BCUT2D eigenvalue weighted by Gasteiger charge is -2.29. The number of nitrogens with zero attached hydrogens (tertiary/aromatic N) is 2. The van der Waals surface area contributed by atoms with Gasteiger partial charge < -0.3 is 19.3 Å². The highest BCUT2D eigenvalue weighted by Crippen LogP contribution is 2.48. The Labute approximate surface area is 358 Å². The van der Waals surface area contributed by atoms with Crippen molar-refractivity contribution in [3.63, 3.8) is 0 Å². The number of phenolic OH excluding ortho intramolecular Hbond substituents is 1.